The van der Waals surface area contributed by atoms with Gasteiger partial charge in [-0.25, -0.2) is 9.19 Å². The highest BCUT2D eigenvalue weighted by molar-refractivity contribution is 9.10. The molecule has 0 saturated carbocycles. The second-order valence-corrected chi connectivity index (χ2v) is 5.89. The molecule has 0 aliphatic carbocycles. The summed E-state index contributed by atoms with van der Waals surface area (Å²) in [7, 11) is 0. The van der Waals surface area contributed by atoms with E-state index in [1.54, 1.807) is 18.4 Å². The molecule has 0 saturated heterocycles. The number of furan rings is 1. The van der Waals surface area contributed by atoms with E-state index in [0.29, 0.717) is 21.0 Å². The molecule has 3 heterocycles. The highest BCUT2D eigenvalue weighted by Crippen LogP contribution is 2.31. The Morgan fingerprint density at radius 1 is 1.59 bits per heavy atom. The highest BCUT2D eigenvalue weighted by Gasteiger charge is 2.19. The number of hydrogen-bond acceptors (Lipinski definition) is 5. The minimum absolute atomic E-state index is 0.110. The fourth-order valence-electron chi connectivity index (χ4n) is 1.35. The van der Waals surface area contributed by atoms with Crippen LogP contribution in [0, 0.1) is 0 Å². The lowest BCUT2D eigenvalue weighted by molar-refractivity contribution is 0.561. The van der Waals surface area contributed by atoms with Gasteiger partial charge in [-0.1, -0.05) is 11.3 Å². The maximum Gasteiger partial charge on any atom is 0.232 e. The zero-order chi connectivity index (χ0) is 12.0. The van der Waals surface area contributed by atoms with Gasteiger partial charge in [-0.15, -0.1) is 5.10 Å². The summed E-state index contributed by atoms with van der Waals surface area (Å²) in [5, 5.41) is 3.98. The first-order chi connectivity index (χ1) is 8.16. The Bertz CT molecular complexity index is 703. The van der Waals surface area contributed by atoms with Crippen LogP contribution in [-0.2, 0) is 11.1 Å². The third kappa shape index (κ3) is 1.75. The van der Waals surface area contributed by atoms with Gasteiger partial charge in [0, 0.05) is 0 Å². The SMILES string of the molecule is O=S(O)c1nn2c(Br)c(-c3ccco3)nc2s1. The monoisotopic (exact) mass is 333 g/mol. The van der Waals surface area contributed by atoms with E-state index >= 15 is 0 Å². The summed E-state index contributed by atoms with van der Waals surface area (Å²) < 4.78 is 27.2. The van der Waals surface area contributed by atoms with E-state index in [2.05, 4.69) is 26.0 Å². The van der Waals surface area contributed by atoms with Gasteiger partial charge in [-0.2, -0.15) is 4.52 Å². The predicted molar refractivity (Wildman–Crippen MR) is 65.3 cm³/mol. The normalized spacial score (nSPS) is 13.3. The first kappa shape index (κ1) is 11.1. The molecule has 0 radical (unpaired) electrons. The van der Waals surface area contributed by atoms with Gasteiger partial charge < -0.3 is 8.97 Å². The Morgan fingerprint density at radius 2 is 2.41 bits per heavy atom. The molecule has 1 N–H and O–H groups in total. The van der Waals surface area contributed by atoms with Crippen LogP contribution in [0.15, 0.2) is 31.8 Å². The van der Waals surface area contributed by atoms with Crippen LogP contribution in [0.4, 0.5) is 0 Å². The summed E-state index contributed by atoms with van der Waals surface area (Å²) in [6.45, 7) is 0. The molecule has 3 aromatic rings. The van der Waals surface area contributed by atoms with Gasteiger partial charge in [0.2, 0.25) is 20.4 Å². The number of fused-ring (bicyclic) bond motifs is 1. The molecule has 0 fully saturated rings. The van der Waals surface area contributed by atoms with Crippen LogP contribution in [0.1, 0.15) is 0 Å². The van der Waals surface area contributed by atoms with E-state index in [0.717, 1.165) is 11.3 Å². The Morgan fingerprint density at radius 3 is 3.00 bits per heavy atom. The van der Waals surface area contributed by atoms with Crippen LogP contribution in [0.25, 0.3) is 16.4 Å². The Kier molecular flexibility index (Phi) is 2.62. The van der Waals surface area contributed by atoms with Gasteiger partial charge in [-0.3, -0.25) is 0 Å². The van der Waals surface area contributed by atoms with Crippen LogP contribution in [-0.4, -0.2) is 23.4 Å². The minimum atomic E-state index is -2.09. The third-order valence-corrected chi connectivity index (χ3v) is 4.51. The smallest absolute Gasteiger partial charge is 0.232 e. The summed E-state index contributed by atoms with van der Waals surface area (Å²) in [6.07, 6.45) is 1.55. The molecule has 17 heavy (non-hydrogen) atoms. The predicted octanol–water partition coefficient (Wildman–Crippen LogP) is 2.39. The lowest BCUT2D eigenvalue weighted by atomic mass is 10.4. The van der Waals surface area contributed by atoms with Crippen LogP contribution >= 0.6 is 27.3 Å². The van der Waals surface area contributed by atoms with Crippen molar-refractivity contribution in [2.75, 3.05) is 0 Å². The van der Waals surface area contributed by atoms with Crippen LogP contribution < -0.4 is 0 Å². The molecule has 1 unspecified atom stereocenters. The largest absolute Gasteiger partial charge is 0.463 e. The second-order valence-electron chi connectivity index (χ2n) is 3.04. The quantitative estimate of drug-likeness (QED) is 0.728. The van der Waals surface area contributed by atoms with E-state index in [-0.39, 0.29) is 4.34 Å². The maximum atomic E-state index is 10.9. The molecule has 0 aliphatic rings. The second kappa shape index (κ2) is 4.02. The lowest BCUT2D eigenvalue weighted by Crippen LogP contribution is -1.90. The molecule has 1 atom stereocenters. The highest BCUT2D eigenvalue weighted by atomic mass is 79.9. The van der Waals surface area contributed by atoms with Gasteiger partial charge in [0.1, 0.15) is 10.3 Å². The zero-order valence-corrected chi connectivity index (χ0v) is 11.3. The number of aromatic nitrogens is 3. The van der Waals surface area contributed by atoms with Crippen molar-refractivity contribution in [2.24, 2.45) is 0 Å². The van der Waals surface area contributed by atoms with Gasteiger partial charge >= 0.3 is 0 Å². The number of halogens is 1. The number of imidazole rings is 1. The number of rotatable bonds is 2. The van der Waals surface area contributed by atoms with E-state index in [9.17, 15) is 4.21 Å². The average molecular weight is 334 g/mol. The van der Waals surface area contributed by atoms with E-state index in [1.807, 2.05) is 0 Å². The van der Waals surface area contributed by atoms with Gasteiger partial charge in [0.05, 0.1) is 6.26 Å². The first-order valence-electron chi connectivity index (χ1n) is 4.36. The van der Waals surface area contributed by atoms with E-state index in [1.165, 1.54) is 4.52 Å². The third-order valence-electron chi connectivity index (χ3n) is 2.03. The van der Waals surface area contributed by atoms with Crippen molar-refractivity contribution in [3.8, 4) is 11.5 Å². The molecule has 0 aliphatic heterocycles. The van der Waals surface area contributed by atoms with Crippen molar-refractivity contribution >= 4 is 43.3 Å². The van der Waals surface area contributed by atoms with Crippen LogP contribution in [0.5, 0.6) is 0 Å². The molecular weight excluding hydrogens is 330 g/mol. The van der Waals surface area contributed by atoms with E-state index in [4.69, 9.17) is 8.97 Å². The standard InChI is InChI=1S/C8H4BrN3O3S2/c9-6-5(4-2-1-3-15-4)10-7-12(6)11-8(16-7)17(13)14/h1-3H,(H,13,14). The van der Waals surface area contributed by atoms with Crippen molar-refractivity contribution in [2.45, 2.75) is 4.34 Å². The number of hydrogen-bond donors (Lipinski definition) is 1. The molecule has 0 aromatic carbocycles. The molecule has 0 spiro atoms. The van der Waals surface area contributed by atoms with Gasteiger partial charge in [-0.05, 0) is 28.1 Å². The maximum absolute atomic E-state index is 10.9. The fraction of sp³-hybridized carbons (Fsp3) is 0. The van der Waals surface area contributed by atoms with Crippen LogP contribution in [0.2, 0.25) is 0 Å². The van der Waals surface area contributed by atoms with Crippen molar-refractivity contribution in [3.63, 3.8) is 0 Å². The van der Waals surface area contributed by atoms with Gasteiger partial charge in [0.25, 0.3) is 0 Å². The summed E-state index contributed by atoms with van der Waals surface area (Å²) >= 11 is 2.31. The zero-order valence-electron chi connectivity index (χ0n) is 8.03. The molecule has 3 aromatic heterocycles. The Labute approximate surface area is 110 Å². The topological polar surface area (TPSA) is 80.6 Å². The molecular formula is C8H4BrN3O3S2. The fourth-order valence-corrected chi connectivity index (χ4v) is 3.29. The average Bonchev–Trinajstić information content (AvgIpc) is 2.95. The van der Waals surface area contributed by atoms with Crippen LogP contribution in [0.3, 0.4) is 0 Å². The summed E-state index contributed by atoms with van der Waals surface area (Å²) in [5.41, 5.74) is 0.615. The first-order valence-corrected chi connectivity index (χ1v) is 7.08. The summed E-state index contributed by atoms with van der Waals surface area (Å²) in [5.74, 6) is 0.612. The van der Waals surface area contributed by atoms with E-state index < -0.39 is 11.1 Å². The number of nitrogens with zero attached hydrogens (tertiary/aromatic N) is 3. The molecule has 88 valence electrons. The van der Waals surface area contributed by atoms with Gasteiger partial charge in [0.15, 0.2) is 5.76 Å². The summed E-state index contributed by atoms with van der Waals surface area (Å²) in [6, 6.07) is 3.54. The van der Waals surface area contributed by atoms with Crippen molar-refractivity contribution in [3.05, 3.63) is 23.0 Å². The van der Waals surface area contributed by atoms with Crippen molar-refractivity contribution in [1.29, 1.82) is 0 Å². The molecule has 0 amide bonds. The minimum Gasteiger partial charge on any atom is -0.463 e. The van der Waals surface area contributed by atoms with Crippen molar-refractivity contribution in [1.82, 2.24) is 14.6 Å². The summed E-state index contributed by atoms with van der Waals surface area (Å²) in [4.78, 5) is 4.82. The molecule has 0 bridgehead atoms. The Hall–Kier alpha value is -1.03. The lowest BCUT2D eigenvalue weighted by Gasteiger charge is -1.90. The molecule has 9 heteroatoms. The molecule has 3 rings (SSSR count). The molecule has 6 nitrogen and oxygen atoms in total. The van der Waals surface area contributed by atoms with Crippen molar-refractivity contribution < 1.29 is 13.2 Å². The Balaban J connectivity index is 2.21.